The Kier molecular flexibility index (Phi) is 5.33. The minimum absolute atomic E-state index is 0.0468. The van der Waals surface area contributed by atoms with E-state index in [0.717, 1.165) is 0 Å². The third-order valence-electron chi connectivity index (χ3n) is 3.70. The number of ketones is 1. The second kappa shape index (κ2) is 7.23. The van der Waals surface area contributed by atoms with Crippen molar-refractivity contribution in [2.75, 3.05) is 38.3 Å². The Morgan fingerprint density at radius 1 is 1.39 bits per heavy atom. The molecule has 1 aromatic carbocycles. The molecule has 23 heavy (non-hydrogen) atoms. The van der Waals surface area contributed by atoms with Crippen molar-refractivity contribution in [1.82, 2.24) is 4.90 Å². The average molecular weight is 320 g/mol. The van der Waals surface area contributed by atoms with Crippen LogP contribution in [0.5, 0.6) is 5.75 Å². The van der Waals surface area contributed by atoms with E-state index in [2.05, 4.69) is 0 Å². The zero-order chi connectivity index (χ0) is 17.0. The van der Waals surface area contributed by atoms with E-state index in [1.165, 1.54) is 9.80 Å². The van der Waals surface area contributed by atoms with E-state index in [1.54, 1.807) is 32.2 Å². The summed E-state index contributed by atoms with van der Waals surface area (Å²) in [7, 11) is 1.56. The van der Waals surface area contributed by atoms with E-state index < -0.39 is 0 Å². The zero-order valence-electron chi connectivity index (χ0n) is 13.2. The number of hydrogen-bond acceptors (Lipinski definition) is 5. The summed E-state index contributed by atoms with van der Waals surface area (Å²) in [5.41, 5.74) is 0.900. The number of fused-ring (bicyclic) bond motifs is 1. The summed E-state index contributed by atoms with van der Waals surface area (Å²) in [5, 5.41) is 8.89. The highest BCUT2D eigenvalue weighted by molar-refractivity contribution is 6.04. The smallest absolute Gasteiger partial charge is 0.265 e. The molecule has 2 rings (SSSR count). The maximum Gasteiger partial charge on any atom is 0.265 e. The van der Waals surface area contributed by atoms with Crippen LogP contribution in [0.2, 0.25) is 0 Å². The molecule has 0 spiro atoms. The Balaban J connectivity index is 2.29. The van der Waals surface area contributed by atoms with Gasteiger partial charge in [-0.1, -0.05) is 6.92 Å². The quantitative estimate of drug-likeness (QED) is 0.769. The molecule has 7 heteroatoms. The van der Waals surface area contributed by atoms with E-state index in [4.69, 9.17) is 9.84 Å². The van der Waals surface area contributed by atoms with Gasteiger partial charge in [-0.2, -0.15) is 0 Å². The first-order valence-corrected chi connectivity index (χ1v) is 7.43. The average Bonchev–Trinajstić information content (AvgIpc) is 2.56. The molecule has 0 radical (unpaired) electrons. The van der Waals surface area contributed by atoms with Gasteiger partial charge in [-0.15, -0.1) is 0 Å². The van der Waals surface area contributed by atoms with Crippen molar-refractivity contribution in [2.24, 2.45) is 0 Å². The van der Waals surface area contributed by atoms with Gasteiger partial charge in [-0.05, 0) is 18.2 Å². The van der Waals surface area contributed by atoms with Gasteiger partial charge in [-0.25, -0.2) is 0 Å². The number of carbonyl (C=O) groups excluding carboxylic acids is 3. The third-order valence-corrected chi connectivity index (χ3v) is 3.70. The van der Waals surface area contributed by atoms with Crippen molar-refractivity contribution in [3.63, 3.8) is 0 Å². The van der Waals surface area contributed by atoms with Gasteiger partial charge in [0.1, 0.15) is 12.3 Å². The molecule has 0 bridgehead atoms. The van der Waals surface area contributed by atoms with Crippen LogP contribution in [0, 0.1) is 0 Å². The highest BCUT2D eigenvalue weighted by Crippen LogP contribution is 2.33. The van der Waals surface area contributed by atoms with Gasteiger partial charge in [0, 0.05) is 25.6 Å². The number of rotatable bonds is 6. The first-order chi connectivity index (χ1) is 11.0. The van der Waals surface area contributed by atoms with Crippen molar-refractivity contribution in [3.05, 3.63) is 23.8 Å². The summed E-state index contributed by atoms with van der Waals surface area (Å²) < 4.78 is 5.36. The number of anilines is 1. The van der Waals surface area contributed by atoms with Crippen LogP contribution < -0.4 is 9.64 Å². The van der Waals surface area contributed by atoms with Gasteiger partial charge in [0.05, 0.1) is 12.3 Å². The number of aliphatic hydroxyl groups excluding tert-OH is 1. The summed E-state index contributed by atoms with van der Waals surface area (Å²) in [5.74, 6) is -0.221. The number of benzene rings is 1. The predicted molar refractivity (Wildman–Crippen MR) is 83.6 cm³/mol. The Labute approximate surface area is 134 Å². The molecule has 7 nitrogen and oxygen atoms in total. The molecule has 0 aromatic heterocycles. The van der Waals surface area contributed by atoms with Gasteiger partial charge in [-0.3, -0.25) is 19.3 Å². The Bertz CT molecular complexity index is 629. The summed E-state index contributed by atoms with van der Waals surface area (Å²) in [6.45, 7) is 1.50. The van der Waals surface area contributed by atoms with Gasteiger partial charge in [0.2, 0.25) is 5.91 Å². The van der Waals surface area contributed by atoms with Crippen molar-refractivity contribution in [2.45, 2.75) is 13.3 Å². The van der Waals surface area contributed by atoms with Crippen molar-refractivity contribution in [3.8, 4) is 5.75 Å². The number of likely N-dealkylation sites (N-methyl/N-ethyl adjacent to an activating group) is 1. The molecule has 1 heterocycles. The molecule has 0 saturated heterocycles. The first-order valence-electron chi connectivity index (χ1n) is 7.43. The zero-order valence-corrected chi connectivity index (χ0v) is 13.2. The largest absolute Gasteiger partial charge is 0.482 e. The SMILES string of the molecule is CCC(=O)c1ccc2c(c1)N(CC(=O)N(C)CCO)C(=O)CO2. The molecular formula is C16H20N2O5. The number of carbonyl (C=O) groups is 3. The van der Waals surface area contributed by atoms with E-state index in [9.17, 15) is 14.4 Å². The van der Waals surface area contributed by atoms with Crippen LogP contribution in [-0.2, 0) is 9.59 Å². The lowest BCUT2D eigenvalue weighted by Gasteiger charge is -2.30. The number of ether oxygens (including phenoxy) is 1. The number of amides is 2. The summed E-state index contributed by atoms with van der Waals surface area (Å²) in [6.07, 6.45) is 0.353. The Morgan fingerprint density at radius 2 is 2.13 bits per heavy atom. The monoisotopic (exact) mass is 320 g/mol. The van der Waals surface area contributed by atoms with Gasteiger partial charge in [0.15, 0.2) is 12.4 Å². The van der Waals surface area contributed by atoms with Crippen LogP contribution in [0.1, 0.15) is 23.7 Å². The highest BCUT2D eigenvalue weighted by atomic mass is 16.5. The van der Waals surface area contributed by atoms with Crippen molar-refractivity contribution < 1.29 is 24.2 Å². The summed E-state index contributed by atoms with van der Waals surface area (Å²) in [6, 6.07) is 4.87. The van der Waals surface area contributed by atoms with Gasteiger partial charge < -0.3 is 14.7 Å². The number of aliphatic hydroxyl groups is 1. The summed E-state index contributed by atoms with van der Waals surface area (Å²) in [4.78, 5) is 38.8. The first kappa shape index (κ1) is 17.0. The maximum absolute atomic E-state index is 12.1. The molecule has 0 unspecified atom stereocenters. The molecule has 1 aliphatic rings. The second-order valence-electron chi connectivity index (χ2n) is 5.27. The molecular weight excluding hydrogens is 300 g/mol. The van der Waals surface area contributed by atoms with Crippen LogP contribution >= 0.6 is 0 Å². The lowest BCUT2D eigenvalue weighted by molar-refractivity contribution is -0.131. The standard InChI is InChI=1S/C16H20N2O5/c1-3-13(20)11-4-5-14-12(8-11)18(16(22)10-23-14)9-15(21)17(2)6-7-19/h4-5,8,19H,3,6-7,9-10H2,1-2H3. The Hall–Kier alpha value is -2.41. The normalized spacial score (nSPS) is 13.3. The minimum Gasteiger partial charge on any atom is -0.482 e. The molecule has 0 aliphatic carbocycles. The van der Waals surface area contributed by atoms with Crippen LogP contribution in [0.4, 0.5) is 5.69 Å². The summed E-state index contributed by atoms with van der Waals surface area (Å²) >= 11 is 0. The van der Waals surface area contributed by atoms with Crippen LogP contribution in [0.3, 0.4) is 0 Å². The third kappa shape index (κ3) is 3.68. The predicted octanol–water partition coefficient (Wildman–Crippen LogP) is 0.455. The van der Waals surface area contributed by atoms with E-state index in [1.807, 2.05) is 0 Å². The molecule has 124 valence electrons. The fraction of sp³-hybridized carbons (Fsp3) is 0.438. The lowest BCUT2D eigenvalue weighted by Crippen LogP contribution is -2.46. The Morgan fingerprint density at radius 3 is 2.78 bits per heavy atom. The van der Waals surface area contributed by atoms with Crippen LogP contribution in [0.25, 0.3) is 0 Å². The van der Waals surface area contributed by atoms with Gasteiger partial charge >= 0.3 is 0 Å². The fourth-order valence-corrected chi connectivity index (χ4v) is 2.28. The lowest BCUT2D eigenvalue weighted by atomic mass is 10.1. The minimum atomic E-state index is -0.343. The molecule has 1 aromatic rings. The highest BCUT2D eigenvalue weighted by Gasteiger charge is 2.29. The molecule has 0 saturated carbocycles. The molecule has 0 fully saturated rings. The van der Waals surface area contributed by atoms with Gasteiger partial charge in [0.25, 0.3) is 5.91 Å². The van der Waals surface area contributed by atoms with Crippen LogP contribution in [-0.4, -0.2) is 61.0 Å². The topological polar surface area (TPSA) is 87.2 Å². The van der Waals surface area contributed by atoms with E-state index >= 15 is 0 Å². The van der Waals surface area contributed by atoms with Crippen LogP contribution in [0.15, 0.2) is 18.2 Å². The van der Waals surface area contributed by atoms with E-state index in [0.29, 0.717) is 23.4 Å². The molecule has 1 aliphatic heterocycles. The molecule has 1 N–H and O–H groups in total. The number of nitrogens with zero attached hydrogens (tertiary/aromatic N) is 2. The molecule has 0 atom stereocenters. The van der Waals surface area contributed by atoms with Crippen molar-refractivity contribution in [1.29, 1.82) is 0 Å². The number of hydrogen-bond donors (Lipinski definition) is 1. The van der Waals surface area contributed by atoms with E-state index in [-0.39, 0.29) is 43.9 Å². The number of Topliss-reactive ketones (excluding diaryl/α,β-unsaturated/α-hetero) is 1. The molecule has 2 amide bonds. The fourth-order valence-electron chi connectivity index (χ4n) is 2.28. The maximum atomic E-state index is 12.1. The second-order valence-corrected chi connectivity index (χ2v) is 5.27. The van der Waals surface area contributed by atoms with Crippen molar-refractivity contribution >= 4 is 23.3 Å².